The molecular formula is C16H18N4. The Hall–Kier alpha value is -2.41. The Balaban J connectivity index is 2.14. The predicted molar refractivity (Wildman–Crippen MR) is 79.3 cm³/mol. The molecule has 4 nitrogen and oxygen atoms in total. The predicted octanol–water partition coefficient (Wildman–Crippen LogP) is 3.13. The molecule has 0 radical (unpaired) electrons. The molecule has 1 atom stereocenters. The van der Waals surface area contributed by atoms with Crippen molar-refractivity contribution in [3.63, 3.8) is 0 Å². The molecule has 0 amide bonds. The first-order valence-corrected chi connectivity index (χ1v) is 6.60. The molecule has 2 rings (SSSR count). The lowest BCUT2D eigenvalue weighted by atomic mass is 9.78. The molecule has 0 saturated carbocycles. The van der Waals surface area contributed by atoms with Gasteiger partial charge in [0.05, 0.1) is 0 Å². The highest BCUT2D eigenvalue weighted by Crippen LogP contribution is 2.28. The molecule has 0 aliphatic rings. The Bertz CT molecular complexity index is 597. The number of aromatic nitrogens is 2. The van der Waals surface area contributed by atoms with E-state index in [0.717, 1.165) is 0 Å². The van der Waals surface area contributed by atoms with E-state index in [1.165, 1.54) is 5.56 Å². The number of benzene rings is 1. The normalized spacial score (nSPS) is 12.5. The SMILES string of the molecule is CC(Nc1ccc(C#N)nn1)C(C)(C)c1ccccc1. The van der Waals surface area contributed by atoms with E-state index in [4.69, 9.17) is 5.26 Å². The van der Waals surface area contributed by atoms with Crippen molar-refractivity contribution in [1.29, 1.82) is 5.26 Å². The summed E-state index contributed by atoms with van der Waals surface area (Å²) >= 11 is 0. The van der Waals surface area contributed by atoms with E-state index in [0.29, 0.717) is 11.5 Å². The van der Waals surface area contributed by atoms with E-state index in [1.54, 1.807) is 12.1 Å². The van der Waals surface area contributed by atoms with Crippen LogP contribution in [0.25, 0.3) is 0 Å². The average Bonchev–Trinajstić information content (AvgIpc) is 2.49. The Labute approximate surface area is 119 Å². The monoisotopic (exact) mass is 266 g/mol. The van der Waals surface area contributed by atoms with Crippen molar-refractivity contribution in [2.45, 2.75) is 32.2 Å². The molecule has 0 aliphatic heterocycles. The van der Waals surface area contributed by atoms with Gasteiger partial charge in [0, 0.05) is 11.5 Å². The van der Waals surface area contributed by atoms with Gasteiger partial charge in [0.15, 0.2) is 5.69 Å². The van der Waals surface area contributed by atoms with Crippen LogP contribution in [0, 0.1) is 11.3 Å². The maximum absolute atomic E-state index is 8.72. The molecule has 0 fully saturated rings. The van der Waals surface area contributed by atoms with Crippen molar-refractivity contribution in [2.24, 2.45) is 0 Å². The Morgan fingerprint density at radius 1 is 1.10 bits per heavy atom. The van der Waals surface area contributed by atoms with Crippen molar-refractivity contribution in [3.05, 3.63) is 53.7 Å². The first-order chi connectivity index (χ1) is 9.54. The summed E-state index contributed by atoms with van der Waals surface area (Å²) in [6.45, 7) is 6.50. The van der Waals surface area contributed by atoms with E-state index < -0.39 is 0 Å². The van der Waals surface area contributed by atoms with Gasteiger partial charge in [-0.25, -0.2) is 0 Å². The molecule has 1 heterocycles. The van der Waals surface area contributed by atoms with Crippen LogP contribution in [0.5, 0.6) is 0 Å². The molecular weight excluding hydrogens is 248 g/mol. The van der Waals surface area contributed by atoms with Crippen LogP contribution < -0.4 is 5.32 Å². The molecule has 1 unspecified atom stereocenters. The number of hydrogen-bond acceptors (Lipinski definition) is 4. The van der Waals surface area contributed by atoms with Crippen LogP contribution in [0.4, 0.5) is 5.82 Å². The minimum atomic E-state index is -0.0448. The van der Waals surface area contributed by atoms with Gasteiger partial charge >= 0.3 is 0 Å². The maximum atomic E-state index is 8.72. The number of rotatable bonds is 4. The molecule has 0 spiro atoms. The van der Waals surface area contributed by atoms with Gasteiger partial charge in [-0.3, -0.25) is 0 Å². The van der Waals surface area contributed by atoms with Crippen molar-refractivity contribution in [2.75, 3.05) is 5.32 Å². The van der Waals surface area contributed by atoms with E-state index >= 15 is 0 Å². The first kappa shape index (κ1) is 14.0. The molecule has 102 valence electrons. The van der Waals surface area contributed by atoms with Gasteiger partial charge in [-0.1, -0.05) is 44.2 Å². The minimum Gasteiger partial charge on any atom is -0.365 e. The summed E-state index contributed by atoms with van der Waals surface area (Å²) in [6, 6.07) is 15.9. The van der Waals surface area contributed by atoms with Crippen molar-refractivity contribution in [3.8, 4) is 6.07 Å². The Morgan fingerprint density at radius 3 is 2.35 bits per heavy atom. The molecule has 1 aromatic heterocycles. The second kappa shape index (κ2) is 5.70. The topological polar surface area (TPSA) is 61.6 Å². The highest BCUT2D eigenvalue weighted by Gasteiger charge is 2.28. The van der Waals surface area contributed by atoms with Gasteiger partial charge in [-0.15, -0.1) is 10.2 Å². The number of nitrogens with one attached hydrogen (secondary N) is 1. The summed E-state index contributed by atoms with van der Waals surface area (Å²) in [6.07, 6.45) is 0. The van der Waals surface area contributed by atoms with Gasteiger partial charge in [0.2, 0.25) is 0 Å². The van der Waals surface area contributed by atoms with Crippen molar-refractivity contribution < 1.29 is 0 Å². The van der Waals surface area contributed by atoms with Crippen LogP contribution in [-0.2, 0) is 5.41 Å². The summed E-state index contributed by atoms with van der Waals surface area (Å²) in [5.41, 5.74) is 1.55. The van der Waals surface area contributed by atoms with Crippen LogP contribution in [0.1, 0.15) is 32.0 Å². The standard InChI is InChI=1S/C16H18N4/c1-12(16(2,3)13-7-5-4-6-8-13)18-15-10-9-14(11-17)19-20-15/h4-10,12H,1-3H3,(H,18,20). The van der Waals surface area contributed by atoms with Crippen LogP contribution >= 0.6 is 0 Å². The molecule has 1 aromatic carbocycles. The van der Waals surface area contributed by atoms with E-state index in [9.17, 15) is 0 Å². The van der Waals surface area contributed by atoms with Gasteiger partial charge in [0.1, 0.15) is 11.9 Å². The molecule has 1 N–H and O–H groups in total. The third-order valence-electron chi connectivity index (χ3n) is 3.74. The van der Waals surface area contributed by atoms with Crippen molar-refractivity contribution in [1.82, 2.24) is 10.2 Å². The fourth-order valence-corrected chi connectivity index (χ4v) is 1.99. The number of nitrogens with zero attached hydrogens (tertiary/aromatic N) is 3. The zero-order valence-electron chi connectivity index (χ0n) is 12.0. The smallest absolute Gasteiger partial charge is 0.163 e. The lowest BCUT2D eigenvalue weighted by Crippen LogP contribution is -2.37. The van der Waals surface area contributed by atoms with E-state index in [2.05, 4.69) is 48.4 Å². The van der Waals surface area contributed by atoms with Crippen LogP contribution in [-0.4, -0.2) is 16.2 Å². The summed E-state index contributed by atoms with van der Waals surface area (Å²) in [5.74, 6) is 0.681. The zero-order chi connectivity index (χ0) is 14.6. The van der Waals surface area contributed by atoms with Gasteiger partial charge in [0.25, 0.3) is 0 Å². The van der Waals surface area contributed by atoms with Gasteiger partial charge < -0.3 is 5.32 Å². The highest BCUT2D eigenvalue weighted by atomic mass is 15.2. The van der Waals surface area contributed by atoms with Crippen molar-refractivity contribution >= 4 is 5.82 Å². The maximum Gasteiger partial charge on any atom is 0.163 e. The minimum absolute atomic E-state index is 0.0448. The molecule has 0 saturated heterocycles. The largest absolute Gasteiger partial charge is 0.365 e. The molecule has 4 heteroatoms. The third-order valence-corrected chi connectivity index (χ3v) is 3.74. The Morgan fingerprint density at radius 2 is 1.80 bits per heavy atom. The second-order valence-corrected chi connectivity index (χ2v) is 5.37. The summed E-state index contributed by atoms with van der Waals surface area (Å²) in [7, 11) is 0. The lowest BCUT2D eigenvalue weighted by Gasteiger charge is -2.33. The van der Waals surface area contributed by atoms with Crippen LogP contribution in [0.3, 0.4) is 0 Å². The quantitative estimate of drug-likeness (QED) is 0.923. The number of hydrogen-bond donors (Lipinski definition) is 1. The van der Waals surface area contributed by atoms with E-state index in [1.807, 2.05) is 24.3 Å². The fraction of sp³-hybridized carbons (Fsp3) is 0.312. The van der Waals surface area contributed by atoms with Gasteiger partial charge in [-0.05, 0) is 24.6 Å². The van der Waals surface area contributed by atoms with Crippen LogP contribution in [0.15, 0.2) is 42.5 Å². The molecule has 0 aliphatic carbocycles. The summed E-state index contributed by atoms with van der Waals surface area (Å²) in [5, 5.41) is 19.9. The average molecular weight is 266 g/mol. The summed E-state index contributed by atoms with van der Waals surface area (Å²) in [4.78, 5) is 0. The van der Waals surface area contributed by atoms with Gasteiger partial charge in [-0.2, -0.15) is 5.26 Å². The molecule has 20 heavy (non-hydrogen) atoms. The first-order valence-electron chi connectivity index (χ1n) is 6.60. The van der Waals surface area contributed by atoms with E-state index in [-0.39, 0.29) is 11.5 Å². The second-order valence-electron chi connectivity index (χ2n) is 5.37. The Kier molecular flexibility index (Phi) is 3.99. The fourth-order valence-electron chi connectivity index (χ4n) is 1.99. The summed E-state index contributed by atoms with van der Waals surface area (Å²) < 4.78 is 0. The zero-order valence-corrected chi connectivity index (χ0v) is 12.0. The number of anilines is 1. The highest BCUT2D eigenvalue weighted by molar-refractivity contribution is 5.39. The number of nitriles is 1. The molecule has 2 aromatic rings. The molecule has 0 bridgehead atoms. The van der Waals surface area contributed by atoms with Crippen LogP contribution in [0.2, 0.25) is 0 Å². The third kappa shape index (κ3) is 2.94. The lowest BCUT2D eigenvalue weighted by molar-refractivity contribution is 0.456.